The first-order valence-corrected chi connectivity index (χ1v) is 12.1. The van der Waals surface area contributed by atoms with E-state index < -0.39 is 0 Å². The highest BCUT2D eigenvalue weighted by atomic mass is 35.5. The molecule has 1 N–H and O–H groups in total. The SMILES string of the molecule is O=C(N[C@H]1CCOc2ccccc21)c1cnc2c(-c3cc(Cl)cc(Cl)c3)cccc2c1-n1ccnn1. The lowest BCUT2D eigenvalue weighted by atomic mass is 9.98. The molecule has 1 aliphatic rings. The van der Waals surface area contributed by atoms with Crippen LogP contribution in [0.15, 0.2) is 79.3 Å². The summed E-state index contributed by atoms with van der Waals surface area (Å²) in [6.07, 6.45) is 5.53. The zero-order valence-corrected chi connectivity index (χ0v) is 20.4. The Morgan fingerprint density at radius 2 is 1.89 bits per heavy atom. The third kappa shape index (κ3) is 4.06. The number of benzene rings is 3. The molecule has 6 rings (SSSR count). The predicted molar refractivity (Wildman–Crippen MR) is 139 cm³/mol. The van der Waals surface area contributed by atoms with Crippen LogP contribution in [0.25, 0.3) is 27.7 Å². The van der Waals surface area contributed by atoms with Gasteiger partial charge in [-0.15, -0.1) is 5.10 Å². The van der Waals surface area contributed by atoms with Crippen molar-refractivity contribution in [2.45, 2.75) is 12.5 Å². The third-order valence-electron chi connectivity index (χ3n) is 6.20. The van der Waals surface area contributed by atoms with Crippen LogP contribution in [0.5, 0.6) is 5.75 Å². The number of hydrogen-bond donors (Lipinski definition) is 1. The Hall–Kier alpha value is -3.94. The highest BCUT2D eigenvalue weighted by molar-refractivity contribution is 6.35. The van der Waals surface area contributed by atoms with Crippen LogP contribution in [-0.4, -0.2) is 32.5 Å². The van der Waals surface area contributed by atoms with Crippen LogP contribution in [0.2, 0.25) is 10.0 Å². The monoisotopic (exact) mass is 515 g/mol. The summed E-state index contributed by atoms with van der Waals surface area (Å²) in [5, 5.41) is 13.1. The van der Waals surface area contributed by atoms with Gasteiger partial charge < -0.3 is 10.1 Å². The second-order valence-corrected chi connectivity index (χ2v) is 9.30. The summed E-state index contributed by atoms with van der Waals surface area (Å²) in [5.74, 6) is 0.528. The van der Waals surface area contributed by atoms with Crippen molar-refractivity contribution < 1.29 is 9.53 Å². The number of nitrogens with one attached hydrogen (secondary N) is 1. The van der Waals surface area contributed by atoms with Crippen LogP contribution in [0.1, 0.15) is 28.4 Å². The second-order valence-electron chi connectivity index (χ2n) is 8.43. The molecule has 0 unspecified atom stereocenters. The Labute approximate surface area is 216 Å². The van der Waals surface area contributed by atoms with Gasteiger partial charge in [-0.3, -0.25) is 9.78 Å². The summed E-state index contributed by atoms with van der Waals surface area (Å²) in [4.78, 5) is 18.4. The first-order valence-electron chi connectivity index (χ1n) is 11.4. The van der Waals surface area contributed by atoms with Crippen molar-refractivity contribution in [2.75, 3.05) is 6.61 Å². The minimum Gasteiger partial charge on any atom is -0.493 e. The van der Waals surface area contributed by atoms with Crippen LogP contribution in [-0.2, 0) is 0 Å². The Bertz CT molecular complexity index is 1580. The van der Waals surface area contributed by atoms with E-state index in [-0.39, 0.29) is 11.9 Å². The van der Waals surface area contributed by atoms with E-state index in [1.165, 1.54) is 0 Å². The number of carbonyl (C=O) groups is 1. The number of aromatic nitrogens is 4. The number of para-hydroxylation sites is 2. The predicted octanol–water partition coefficient (Wildman–Crippen LogP) is 6.04. The van der Waals surface area contributed by atoms with Crippen molar-refractivity contribution >= 4 is 40.0 Å². The number of hydrogen-bond acceptors (Lipinski definition) is 5. The molecule has 0 spiro atoms. The fourth-order valence-corrected chi connectivity index (χ4v) is 5.15. The van der Waals surface area contributed by atoms with E-state index in [4.69, 9.17) is 32.9 Å². The quantitative estimate of drug-likeness (QED) is 0.315. The maximum absolute atomic E-state index is 13.6. The first kappa shape index (κ1) is 22.5. The van der Waals surface area contributed by atoms with Crippen molar-refractivity contribution in [1.82, 2.24) is 25.3 Å². The van der Waals surface area contributed by atoms with Crippen molar-refractivity contribution in [3.8, 4) is 22.6 Å². The minimum atomic E-state index is -0.257. The van der Waals surface area contributed by atoms with Gasteiger partial charge in [-0.25, -0.2) is 4.68 Å². The number of carbonyl (C=O) groups excluding carboxylic acids is 1. The number of pyridine rings is 1. The molecular weight excluding hydrogens is 497 g/mol. The number of halogens is 2. The molecule has 0 bridgehead atoms. The molecule has 178 valence electrons. The average molecular weight is 516 g/mol. The normalized spacial score (nSPS) is 14.8. The van der Waals surface area contributed by atoms with E-state index in [9.17, 15) is 4.79 Å². The molecule has 7 nitrogen and oxygen atoms in total. The molecule has 0 saturated heterocycles. The largest absolute Gasteiger partial charge is 0.493 e. The molecule has 3 aromatic carbocycles. The summed E-state index contributed by atoms with van der Waals surface area (Å²) in [6.45, 7) is 0.527. The van der Waals surface area contributed by atoms with E-state index in [1.807, 2.05) is 54.6 Å². The summed E-state index contributed by atoms with van der Waals surface area (Å²) < 4.78 is 7.34. The molecule has 5 aromatic rings. The van der Waals surface area contributed by atoms with Crippen molar-refractivity contribution in [2.24, 2.45) is 0 Å². The van der Waals surface area contributed by atoms with Gasteiger partial charge in [0.05, 0.1) is 41.8 Å². The van der Waals surface area contributed by atoms with Gasteiger partial charge in [-0.05, 0) is 29.8 Å². The fourth-order valence-electron chi connectivity index (χ4n) is 4.62. The Morgan fingerprint density at radius 1 is 1.06 bits per heavy atom. The second kappa shape index (κ2) is 9.26. The van der Waals surface area contributed by atoms with Gasteiger partial charge in [0.15, 0.2) is 0 Å². The van der Waals surface area contributed by atoms with E-state index in [2.05, 4.69) is 15.6 Å². The van der Waals surface area contributed by atoms with Crippen LogP contribution < -0.4 is 10.1 Å². The van der Waals surface area contributed by atoms with E-state index >= 15 is 0 Å². The molecule has 3 heterocycles. The van der Waals surface area contributed by atoms with E-state index in [1.54, 1.807) is 29.3 Å². The van der Waals surface area contributed by atoms with Gasteiger partial charge in [0.2, 0.25) is 0 Å². The molecule has 0 saturated carbocycles. The fraction of sp³-hybridized carbons (Fsp3) is 0.111. The van der Waals surface area contributed by atoms with Crippen LogP contribution >= 0.6 is 23.2 Å². The lowest BCUT2D eigenvalue weighted by Gasteiger charge is -2.27. The number of nitrogens with zero attached hydrogens (tertiary/aromatic N) is 4. The number of rotatable bonds is 4. The highest BCUT2D eigenvalue weighted by Crippen LogP contribution is 2.35. The summed E-state index contributed by atoms with van der Waals surface area (Å²) >= 11 is 12.5. The molecule has 1 aliphatic heterocycles. The lowest BCUT2D eigenvalue weighted by molar-refractivity contribution is 0.0924. The third-order valence-corrected chi connectivity index (χ3v) is 6.64. The van der Waals surface area contributed by atoms with Gasteiger partial charge in [-0.1, -0.05) is 64.8 Å². The maximum Gasteiger partial charge on any atom is 0.255 e. The summed E-state index contributed by atoms with van der Waals surface area (Å²) in [5.41, 5.74) is 4.28. The Balaban J connectivity index is 1.48. The summed E-state index contributed by atoms with van der Waals surface area (Å²) in [6, 6.07) is 18.7. The highest BCUT2D eigenvalue weighted by Gasteiger charge is 2.26. The van der Waals surface area contributed by atoms with Crippen molar-refractivity contribution in [1.29, 1.82) is 0 Å². The maximum atomic E-state index is 13.6. The molecular formula is C27H19Cl2N5O2. The summed E-state index contributed by atoms with van der Waals surface area (Å²) in [7, 11) is 0. The Morgan fingerprint density at radius 3 is 2.69 bits per heavy atom. The van der Waals surface area contributed by atoms with Crippen LogP contribution in [0.3, 0.4) is 0 Å². The van der Waals surface area contributed by atoms with Gasteiger partial charge in [0.25, 0.3) is 5.91 Å². The van der Waals surface area contributed by atoms with Crippen LogP contribution in [0, 0.1) is 0 Å². The molecule has 36 heavy (non-hydrogen) atoms. The van der Waals surface area contributed by atoms with Gasteiger partial charge in [0, 0.05) is 39.2 Å². The van der Waals surface area contributed by atoms with Crippen molar-refractivity contribution in [3.05, 3.63) is 100 Å². The zero-order chi connectivity index (χ0) is 24.6. The van der Waals surface area contributed by atoms with Crippen molar-refractivity contribution in [3.63, 3.8) is 0 Å². The van der Waals surface area contributed by atoms with E-state index in [0.717, 1.165) is 27.8 Å². The zero-order valence-electron chi connectivity index (χ0n) is 18.9. The molecule has 1 amide bonds. The standard InChI is InChI=1S/C27H19Cl2N5O2/c28-17-12-16(13-18(29)14-17)19-5-3-6-21-25(19)30-15-22(26(21)34-10-9-31-33-34)27(35)32-23-8-11-36-24-7-2-1-4-20(23)24/h1-7,9-10,12-15,23H,8,11H2,(H,32,35)/t23-/m0/s1. The molecule has 0 radical (unpaired) electrons. The van der Waals surface area contributed by atoms with Gasteiger partial charge in [0.1, 0.15) is 5.75 Å². The van der Waals surface area contributed by atoms with Gasteiger partial charge >= 0.3 is 0 Å². The molecule has 1 atom stereocenters. The number of fused-ring (bicyclic) bond motifs is 2. The van der Waals surface area contributed by atoms with Crippen LogP contribution in [0.4, 0.5) is 0 Å². The topological polar surface area (TPSA) is 81.9 Å². The van der Waals surface area contributed by atoms with Gasteiger partial charge in [-0.2, -0.15) is 0 Å². The van der Waals surface area contributed by atoms with E-state index in [0.29, 0.717) is 39.8 Å². The Kier molecular flexibility index (Phi) is 5.79. The lowest BCUT2D eigenvalue weighted by Crippen LogP contribution is -2.33. The molecule has 9 heteroatoms. The molecule has 0 aliphatic carbocycles. The molecule has 0 fully saturated rings. The average Bonchev–Trinajstić information content (AvgIpc) is 3.42. The molecule has 2 aromatic heterocycles. The first-order chi connectivity index (χ1) is 17.6. The number of ether oxygens (including phenoxy) is 1. The minimum absolute atomic E-state index is 0.179. The number of amides is 1. The smallest absolute Gasteiger partial charge is 0.255 e.